The summed E-state index contributed by atoms with van der Waals surface area (Å²) in [5.74, 6) is 0.458. The summed E-state index contributed by atoms with van der Waals surface area (Å²) in [4.78, 5) is 20.5. The second-order valence-corrected chi connectivity index (χ2v) is 8.29. The molecular weight excluding hydrogens is 426 g/mol. The van der Waals surface area contributed by atoms with Crippen molar-refractivity contribution in [2.75, 3.05) is 13.1 Å². The summed E-state index contributed by atoms with van der Waals surface area (Å²) in [6, 6.07) is 9.25. The fourth-order valence-corrected chi connectivity index (χ4v) is 4.36. The van der Waals surface area contributed by atoms with E-state index in [1.54, 1.807) is 16.9 Å². The number of ketones is 1. The Labute approximate surface area is 190 Å². The summed E-state index contributed by atoms with van der Waals surface area (Å²) >= 11 is 6.56. The van der Waals surface area contributed by atoms with Gasteiger partial charge in [0, 0.05) is 35.8 Å². The maximum absolute atomic E-state index is 12.4. The molecule has 1 fully saturated rings. The van der Waals surface area contributed by atoms with E-state index in [-0.39, 0.29) is 25.0 Å². The van der Waals surface area contributed by atoms with Gasteiger partial charge in [0.1, 0.15) is 12.3 Å². The van der Waals surface area contributed by atoms with Crippen LogP contribution in [-0.4, -0.2) is 40.5 Å². The molecule has 2 aromatic carbocycles. The molecular formula is C24H20ClN5O2. The van der Waals surface area contributed by atoms with Gasteiger partial charge in [-0.2, -0.15) is 5.10 Å². The second kappa shape index (κ2) is 7.90. The van der Waals surface area contributed by atoms with Crippen molar-refractivity contribution in [1.82, 2.24) is 9.78 Å². The Hall–Kier alpha value is -3.47. The van der Waals surface area contributed by atoms with Gasteiger partial charge in [0.05, 0.1) is 35.3 Å². The van der Waals surface area contributed by atoms with Crippen LogP contribution in [0.25, 0.3) is 27.2 Å². The van der Waals surface area contributed by atoms with Crippen LogP contribution in [0.5, 0.6) is 5.75 Å². The number of ether oxygens (including phenoxy) is 1. The molecule has 0 amide bonds. The van der Waals surface area contributed by atoms with Gasteiger partial charge in [-0.1, -0.05) is 23.7 Å². The number of Topliss-reactive ketones (excluding diaryl/α,β-unsaturated/α-hetero) is 1. The summed E-state index contributed by atoms with van der Waals surface area (Å²) in [6.45, 7) is 8.06. The maximum atomic E-state index is 12.4. The van der Waals surface area contributed by atoms with E-state index in [0.29, 0.717) is 33.3 Å². The fraction of sp³-hybridized carbons (Fsp3) is 0.250. The number of fused-ring (bicyclic) bond motifs is 1. The molecule has 1 aromatic heterocycles. The molecule has 0 spiro atoms. The van der Waals surface area contributed by atoms with E-state index in [4.69, 9.17) is 28.6 Å². The van der Waals surface area contributed by atoms with Crippen LogP contribution in [0.3, 0.4) is 0 Å². The molecule has 1 aliphatic carbocycles. The van der Waals surface area contributed by atoms with Crippen LogP contribution < -0.4 is 10.5 Å². The SMILES string of the molecule is [C-]#[N+]c1c(OC2CC2)cccc1-c1c(-c2cc(Cl)c3c(c2)C(CN)=NCC3=O)cnn1C. The van der Waals surface area contributed by atoms with Crippen LogP contribution in [0.4, 0.5) is 5.69 Å². The molecule has 1 aliphatic heterocycles. The number of aryl methyl sites for hydroxylation is 1. The van der Waals surface area contributed by atoms with Crippen molar-refractivity contribution in [2.45, 2.75) is 18.9 Å². The summed E-state index contributed by atoms with van der Waals surface area (Å²) in [7, 11) is 1.83. The highest BCUT2D eigenvalue weighted by Gasteiger charge is 2.28. The highest BCUT2D eigenvalue weighted by Crippen LogP contribution is 2.44. The summed E-state index contributed by atoms with van der Waals surface area (Å²) in [5.41, 5.74) is 11.1. The average molecular weight is 446 g/mol. The zero-order chi connectivity index (χ0) is 22.4. The quantitative estimate of drug-likeness (QED) is 0.588. The molecule has 2 aliphatic rings. The van der Waals surface area contributed by atoms with E-state index in [1.807, 2.05) is 31.3 Å². The number of aliphatic imine (C=N–C) groups is 1. The normalized spacial score (nSPS) is 15.2. The van der Waals surface area contributed by atoms with Gasteiger partial charge in [-0.3, -0.25) is 14.5 Å². The molecule has 0 radical (unpaired) electrons. The van der Waals surface area contributed by atoms with Crippen molar-refractivity contribution >= 4 is 28.8 Å². The van der Waals surface area contributed by atoms with Gasteiger partial charge in [0.15, 0.2) is 5.78 Å². The first-order valence-electron chi connectivity index (χ1n) is 10.3. The van der Waals surface area contributed by atoms with Gasteiger partial charge in [0.25, 0.3) is 0 Å². The Morgan fingerprint density at radius 2 is 2.09 bits per heavy atom. The van der Waals surface area contributed by atoms with Gasteiger partial charge in [0.2, 0.25) is 5.69 Å². The number of rotatable bonds is 5. The lowest BCUT2D eigenvalue weighted by Crippen LogP contribution is -2.25. The number of aromatic nitrogens is 2. The van der Waals surface area contributed by atoms with Gasteiger partial charge in [-0.15, -0.1) is 0 Å². The number of nitrogens with two attached hydrogens (primary N) is 1. The molecule has 0 bridgehead atoms. The third kappa shape index (κ3) is 3.38. The molecule has 0 saturated heterocycles. The topological polar surface area (TPSA) is 86.9 Å². The third-order valence-electron chi connectivity index (χ3n) is 5.72. The lowest BCUT2D eigenvalue weighted by Gasteiger charge is -2.18. The van der Waals surface area contributed by atoms with Crippen LogP contribution in [0.1, 0.15) is 28.8 Å². The van der Waals surface area contributed by atoms with Crippen LogP contribution in [0.15, 0.2) is 41.5 Å². The lowest BCUT2D eigenvalue weighted by molar-refractivity contribution is 0.100. The van der Waals surface area contributed by atoms with Gasteiger partial charge in [-0.05, 0) is 36.6 Å². The van der Waals surface area contributed by atoms with E-state index in [0.717, 1.165) is 35.2 Å². The monoisotopic (exact) mass is 445 g/mol. The second-order valence-electron chi connectivity index (χ2n) is 7.88. The van der Waals surface area contributed by atoms with E-state index in [1.165, 1.54) is 0 Å². The van der Waals surface area contributed by atoms with Crippen molar-refractivity contribution in [3.05, 3.63) is 64.1 Å². The first-order chi connectivity index (χ1) is 15.5. The molecule has 0 unspecified atom stereocenters. The number of halogens is 1. The van der Waals surface area contributed by atoms with Crippen molar-refractivity contribution in [1.29, 1.82) is 0 Å². The number of carbonyl (C=O) groups excluding carboxylic acids is 1. The Morgan fingerprint density at radius 1 is 1.28 bits per heavy atom. The number of benzene rings is 2. The minimum Gasteiger partial charge on any atom is -0.501 e. The van der Waals surface area contributed by atoms with Crippen molar-refractivity contribution in [2.24, 2.45) is 17.8 Å². The van der Waals surface area contributed by atoms with Gasteiger partial charge < -0.3 is 10.5 Å². The minimum atomic E-state index is -0.125. The summed E-state index contributed by atoms with van der Waals surface area (Å²) in [5, 5.41) is 4.81. The Bertz CT molecular complexity index is 1330. The number of nitrogens with zero attached hydrogens (tertiary/aromatic N) is 4. The highest BCUT2D eigenvalue weighted by molar-refractivity contribution is 6.36. The Kier molecular flexibility index (Phi) is 5.04. The van der Waals surface area contributed by atoms with Crippen LogP contribution in [-0.2, 0) is 7.05 Å². The van der Waals surface area contributed by atoms with Crippen molar-refractivity contribution < 1.29 is 9.53 Å². The maximum Gasteiger partial charge on any atom is 0.237 e. The minimum absolute atomic E-state index is 0.0545. The molecule has 7 nitrogen and oxygen atoms in total. The van der Waals surface area contributed by atoms with Gasteiger partial charge >= 0.3 is 0 Å². The zero-order valence-electron chi connectivity index (χ0n) is 17.4. The first-order valence-corrected chi connectivity index (χ1v) is 10.7. The lowest BCUT2D eigenvalue weighted by atomic mass is 9.91. The molecule has 160 valence electrons. The molecule has 32 heavy (non-hydrogen) atoms. The average Bonchev–Trinajstić information content (AvgIpc) is 3.52. The first kappa shape index (κ1) is 20.4. The van der Waals surface area contributed by atoms with E-state index in [9.17, 15) is 4.79 Å². The Balaban J connectivity index is 1.69. The molecule has 0 atom stereocenters. The highest BCUT2D eigenvalue weighted by atomic mass is 35.5. The van der Waals surface area contributed by atoms with Crippen LogP contribution in [0.2, 0.25) is 5.02 Å². The van der Waals surface area contributed by atoms with Crippen LogP contribution in [0, 0.1) is 6.57 Å². The molecule has 8 heteroatoms. The standard InChI is InChI=1S/C24H20ClN5O2/c1-27-23-15(4-3-5-21(23)32-14-6-7-14)24-17(11-29-30(24)2)13-8-16-19(10-26)28-12-20(31)22(16)18(25)9-13/h3-5,8-9,11,14H,6-7,10,12,26H2,2H3. The predicted molar refractivity (Wildman–Crippen MR) is 124 cm³/mol. The molecule has 2 heterocycles. The van der Waals surface area contributed by atoms with Crippen molar-refractivity contribution in [3.8, 4) is 28.1 Å². The van der Waals surface area contributed by atoms with Crippen molar-refractivity contribution in [3.63, 3.8) is 0 Å². The van der Waals surface area contributed by atoms with E-state index < -0.39 is 0 Å². The predicted octanol–water partition coefficient (Wildman–Crippen LogP) is 4.44. The molecule has 1 saturated carbocycles. The number of hydrogen-bond acceptors (Lipinski definition) is 5. The largest absolute Gasteiger partial charge is 0.501 e. The third-order valence-corrected chi connectivity index (χ3v) is 6.02. The zero-order valence-corrected chi connectivity index (χ0v) is 18.2. The molecule has 2 N–H and O–H groups in total. The Morgan fingerprint density at radius 3 is 2.81 bits per heavy atom. The smallest absolute Gasteiger partial charge is 0.237 e. The number of para-hydroxylation sites is 1. The van der Waals surface area contributed by atoms with E-state index >= 15 is 0 Å². The fourth-order valence-electron chi connectivity index (χ4n) is 4.04. The number of hydrogen-bond donors (Lipinski definition) is 1. The van der Waals surface area contributed by atoms with Gasteiger partial charge in [-0.25, -0.2) is 4.85 Å². The van der Waals surface area contributed by atoms with Crippen LogP contribution >= 0.6 is 11.6 Å². The van der Waals surface area contributed by atoms with E-state index in [2.05, 4.69) is 14.9 Å². The molecule has 5 rings (SSSR count). The number of carbonyl (C=O) groups is 1. The molecule has 3 aromatic rings. The summed E-state index contributed by atoms with van der Waals surface area (Å²) in [6.07, 6.45) is 3.94. The summed E-state index contributed by atoms with van der Waals surface area (Å²) < 4.78 is 7.71.